The van der Waals surface area contributed by atoms with Gasteiger partial charge in [-0.2, -0.15) is 0 Å². The molecule has 1 nitrogen and oxygen atoms in total. The molecule has 0 saturated carbocycles. The average molecular weight is 139 g/mol. The summed E-state index contributed by atoms with van der Waals surface area (Å²) in [6.45, 7) is 1.16. The van der Waals surface area contributed by atoms with Gasteiger partial charge in [0.15, 0.2) is 0 Å². The lowest BCUT2D eigenvalue weighted by molar-refractivity contribution is 0.597. The summed E-state index contributed by atoms with van der Waals surface area (Å²) in [5, 5.41) is 3.27. The van der Waals surface area contributed by atoms with Crippen LogP contribution in [-0.2, 0) is 0 Å². The van der Waals surface area contributed by atoms with Crippen LogP contribution < -0.4 is 5.32 Å². The summed E-state index contributed by atoms with van der Waals surface area (Å²) in [4.78, 5) is 0. The Hall–Kier alpha value is -0.460. The number of rotatable bonds is 0. The normalized spacial score (nSPS) is 24.8. The van der Waals surface area contributed by atoms with Crippen LogP contribution in [0.25, 0.3) is 0 Å². The Kier molecular flexibility index (Phi) is 4.08. The number of nitrogens with one attached hydrogen (secondary N) is 1. The Balaban J connectivity index is 2.13. The molecule has 0 saturated heterocycles. The van der Waals surface area contributed by atoms with Crippen LogP contribution in [0.4, 0.5) is 0 Å². The van der Waals surface area contributed by atoms with Crippen LogP contribution in [0.1, 0.15) is 38.5 Å². The van der Waals surface area contributed by atoms with Gasteiger partial charge in [-0.05, 0) is 25.5 Å². The molecule has 0 amide bonds. The number of hydrogen-bond donors (Lipinski definition) is 1. The van der Waals surface area contributed by atoms with Crippen LogP contribution >= 0.6 is 0 Å². The van der Waals surface area contributed by atoms with Crippen molar-refractivity contribution in [2.45, 2.75) is 38.5 Å². The van der Waals surface area contributed by atoms with Crippen molar-refractivity contribution in [3.8, 4) is 0 Å². The molecular weight excluding hydrogens is 122 g/mol. The Bertz CT molecular complexity index is 84.9. The summed E-state index contributed by atoms with van der Waals surface area (Å²) in [6.07, 6.45) is 12.6. The monoisotopic (exact) mass is 139 g/mol. The van der Waals surface area contributed by atoms with E-state index in [1.807, 2.05) is 0 Å². The van der Waals surface area contributed by atoms with Gasteiger partial charge in [0.2, 0.25) is 0 Å². The maximum atomic E-state index is 3.27. The maximum absolute atomic E-state index is 3.27. The molecule has 1 rings (SSSR count). The van der Waals surface area contributed by atoms with E-state index in [0.29, 0.717) is 0 Å². The van der Waals surface area contributed by atoms with Crippen LogP contribution in [0.3, 0.4) is 0 Å². The molecular formula is C9H17N. The first kappa shape index (κ1) is 7.64. The van der Waals surface area contributed by atoms with Gasteiger partial charge in [0, 0.05) is 6.54 Å². The molecule has 0 aromatic heterocycles. The smallest absolute Gasteiger partial charge is 0.0141 e. The van der Waals surface area contributed by atoms with Crippen LogP contribution in [0.5, 0.6) is 0 Å². The van der Waals surface area contributed by atoms with E-state index >= 15 is 0 Å². The van der Waals surface area contributed by atoms with Crippen LogP contribution in [0, 0.1) is 0 Å². The second-order valence-electron chi connectivity index (χ2n) is 2.91. The fourth-order valence-corrected chi connectivity index (χ4v) is 1.27. The first-order valence-corrected chi connectivity index (χ1v) is 4.38. The molecule has 0 atom stereocenters. The molecule has 0 bridgehead atoms. The third-order valence-electron chi connectivity index (χ3n) is 1.93. The number of hydrogen-bond acceptors (Lipinski definition) is 1. The van der Waals surface area contributed by atoms with Crippen molar-refractivity contribution in [1.82, 2.24) is 5.32 Å². The highest BCUT2D eigenvalue weighted by Gasteiger charge is 1.90. The minimum Gasteiger partial charge on any atom is -0.391 e. The predicted molar refractivity (Wildman–Crippen MR) is 44.8 cm³/mol. The third-order valence-corrected chi connectivity index (χ3v) is 1.93. The number of allylic oxidation sites excluding steroid dienone is 1. The zero-order chi connectivity index (χ0) is 7.07. The quantitative estimate of drug-likeness (QED) is 0.543. The molecule has 0 aromatic carbocycles. The summed E-state index contributed by atoms with van der Waals surface area (Å²) in [6, 6.07) is 0. The summed E-state index contributed by atoms with van der Waals surface area (Å²) >= 11 is 0. The molecule has 58 valence electrons. The largest absolute Gasteiger partial charge is 0.391 e. The Morgan fingerprint density at radius 3 is 2.70 bits per heavy atom. The van der Waals surface area contributed by atoms with Gasteiger partial charge >= 0.3 is 0 Å². The second-order valence-corrected chi connectivity index (χ2v) is 2.91. The average Bonchev–Trinajstić information content (AvgIpc) is 2.01. The topological polar surface area (TPSA) is 12.0 Å². The first-order valence-electron chi connectivity index (χ1n) is 4.38. The molecule has 1 heteroatoms. The fraction of sp³-hybridized carbons (Fsp3) is 0.778. The molecule has 0 unspecified atom stereocenters. The van der Waals surface area contributed by atoms with Crippen molar-refractivity contribution < 1.29 is 0 Å². The summed E-state index contributed by atoms with van der Waals surface area (Å²) in [5.41, 5.74) is 0. The van der Waals surface area contributed by atoms with E-state index in [1.165, 1.54) is 38.5 Å². The summed E-state index contributed by atoms with van der Waals surface area (Å²) < 4.78 is 0. The van der Waals surface area contributed by atoms with E-state index < -0.39 is 0 Å². The van der Waals surface area contributed by atoms with Crippen molar-refractivity contribution in [2.75, 3.05) is 6.54 Å². The van der Waals surface area contributed by atoms with E-state index in [-0.39, 0.29) is 0 Å². The Labute approximate surface area is 63.5 Å². The fourth-order valence-electron chi connectivity index (χ4n) is 1.27. The SMILES string of the molecule is C1=C\NCCCCCCC/1. The molecule has 0 aromatic rings. The maximum Gasteiger partial charge on any atom is 0.0141 e. The minimum atomic E-state index is 1.16. The van der Waals surface area contributed by atoms with Gasteiger partial charge < -0.3 is 5.32 Å². The van der Waals surface area contributed by atoms with E-state index in [0.717, 1.165) is 6.54 Å². The third kappa shape index (κ3) is 3.54. The lowest BCUT2D eigenvalue weighted by atomic mass is 10.1. The molecule has 1 N–H and O–H groups in total. The van der Waals surface area contributed by atoms with Crippen molar-refractivity contribution in [3.63, 3.8) is 0 Å². The van der Waals surface area contributed by atoms with Crippen molar-refractivity contribution >= 4 is 0 Å². The molecule has 0 radical (unpaired) electrons. The second kappa shape index (κ2) is 5.33. The highest BCUT2D eigenvalue weighted by atomic mass is 14.8. The van der Waals surface area contributed by atoms with Crippen molar-refractivity contribution in [1.29, 1.82) is 0 Å². The molecule has 0 spiro atoms. The van der Waals surface area contributed by atoms with Crippen LogP contribution in [-0.4, -0.2) is 6.54 Å². The molecule has 1 heterocycles. The molecule has 10 heavy (non-hydrogen) atoms. The van der Waals surface area contributed by atoms with Gasteiger partial charge in [-0.1, -0.05) is 25.3 Å². The first-order chi connectivity index (χ1) is 5.00. The van der Waals surface area contributed by atoms with Crippen molar-refractivity contribution in [2.24, 2.45) is 0 Å². The van der Waals surface area contributed by atoms with E-state index in [2.05, 4.69) is 17.6 Å². The van der Waals surface area contributed by atoms with Gasteiger partial charge in [-0.15, -0.1) is 0 Å². The van der Waals surface area contributed by atoms with Crippen molar-refractivity contribution in [3.05, 3.63) is 12.3 Å². The molecule has 0 aliphatic carbocycles. The Morgan fingerprint density at radius 1 is 0.900 bits per heavy atom. The van der Waals surface area contributed by atoms with Gasteiger partial charge in [0.25, 0.3) is 0 Å². The van der Waals surface area contributed by atoms with E-state index in [4.69, 9.17) is 0 Å². The minimum absolute atomic E-state index is 1.16. The van der Waals surface area contributed by atoms with Crippen LogP contribution in [0.15, 0.2) is 12.3 Å². The molecule has 0 fully saturated rings. The predicted octanol–water partition coefficient (Wildman–Crippen LogP) is 2.44. The van der Waals surface area contributed by atoms with Crippen LogP contribution in [0.2, 0.25) is 0 Å². The molecule has 1 aliphatic heterocycles. The van der Waals surface area contributed by atoms with Gasteiger partial charge in [0.05, 0.1) is 0 Å². The van der Waals surface area contributed by atoms with E-state index in [1.54, 1.807) is 0 Å². The van der Waals surface area contributed by atoms with Gasteiger partial charge in [-0.3, -0.25) is 0 Å². The van der Waals surface area contributed by atoms with E-state index in [9.17, 15) is 0 Å². The van der Waals surface area contributed by atoms with Gasteiger partial charge in [0.1, 0.15) is 0 Å². The standard InChI is InChI=1S/C9H17N/c1-2-4-6-8-10-9-7-5-3-1/h6,8,10H,1-5,7,9H2/b8-6-. The lowest BCUT2D eigenvalue weighted by Gasteiger charge is -2.03. The molecule has 1 aliphatic rings. The summed E-state index contributed by atoms with van der Waals surface area (Å²) in [5.74, 6) is 0. The zero-order valence-corrected chi connectivity index (χ0v) is 6.60. The highest BCUT2D eigenvalue weighted by Crippen LogP contribution is 2.06. The highest BCUT2D eigenvalue weighted by molar-refractivity contribution is 4.79. The Morgan fingerprint density at radius 2 is 1.70 bits per heavy atom. The summed E-state index contributed by atoms with van der Waals surface area (Å²) in [7, 11) is 0. The zero-order valence-electron chi connectivity index (χ0n) is 6.60. The van der Waals surface area contributed by atoms with Gasteiger partial charge in [-0.25, -0.2) is 0 Å². The lowest BCUT2D eigenvalue weighted by Crippen LogP contribution is -2.06.